The quantitative estimate of drug-likeness (QED) is 0.843. The number of likely N-dealkylation sites (N-methyl/N-ethyl adjacent to an activating group) is 1. The van der Waals surface area contributed by atoms with Crippen molar-refractivity contribution < 1.29 is 4.74 Å². The molecule has 0 amide bonds. The molecule has 1 aromatic carbocycles. The molecule has 1 fully saturated rings. The number of nitrogens with zero attached hydrogens (tertiary/aromatic N) is 2. The topological polar surface area (TPSA) is 15.7 Å². The molecule has 3 nitrogen and oxygen atoms in total. The molecule has 0 spiro atoms. The van der Waals surface area contributed by atoms with E-state index < -0.39 is 0 Å². The Morgan fingerprint density at radius 2 is 1.95 bits per heavy atom. The summed E-state index contributed by atoms with van der Waals surface area (Å²) < 4.78 is 5.63. The highest BCUT2D eigenvalue weighted by molar-refractivity contribution is 5.61. The van der Waals surface area contributed by atoms with Crippen molar-refractivity contribution in [2.75, 3.05) is 39.2 Å². The van der Waals surface area contributed by atoms with Crippen LogP contribution >= 0.6 is 0 Å². The predicted octanol–water partition coefficient (Wildman–Crippen LogP) is 3.13. The van der Waals surface area contributed by atoms with E-state index in [2.05, 4.69) is 62.9 Å². The molecular formula is C17H28N2O. The minimum atomic E-state index is 0.156. The minimum absolute atomic E-state index is 0.156. The summed E-state index contributed by atoms with van der Waals surface area (Å²) in [5, 5.41) is 0. The van der Waals surface area contributed by atoms with E-state index in [4.69, 9.17) is 4.74 Å². The lowest BCUT2D eigenvalue weighted by atomic mass is 9.87. The fourth-order valence-corrected chi connectivity index (χ4v) is 2.79. The Morgan fingerprint density at radius 3 is 2.45 bits per heavy atom. The lowest BCUT2D eigenvalue weighted by Gasteiger charge is -2.26. The third-order valence-corrected chi connectivity index (χ3v) is 4.28. The van der Waals surface area contributed by atoms with Crippen molar-refractivity contribution in [2.45, 2.75) is 38.6 Å². The van der Waals surface area contributed by atoms with E-state index in [1.165, 1.54) is 17.7 Å². The molecule has 1 aliphatic heterocycles. The van der Waals surface area contributed by atoms with Crippen LogP contribution in [-0.2, 0) is 5.41 Å². The second-order valence-electron chi connectivity index (χ2n) is 6.99. The number of anilines is 1. The molecule has 0 unspecified atom stereocenters. The van der Waals surface area contributed by atoms with Crippen molar-refractivity contribution in [1.82, 2.24) is 4.90 Å². The van der Waals surface area contributed by atoms with Crippen LogP contribution in [0.15, 0.2) is 18.2 Å². The molecule has 0 saturated carbocycles. The van der Waals surface area contributed by atoms with Crippen molar-refractivity contribution in [3.8, 4) is 5.75 Å². The van der Waals surface area contributed by atoms with Gasteiger partial charge >= 0.3 is 0 Å². The first-order valence-electron chi connectivity index (χ1n) is 7.43. The highest BCUT2D eigenvalue weighted by Crippen LogP contribution is 2.35. The Kier molecular flexibility index (Phi) is 4.28. The van der Waals surface area contributed by atoms with Gasteiger partial charge in [0.2, 0.25) is 0 Å². The van der Waals surface area contributed by atoms with Crippen LogP contribution in [0.4, 0.5) is 5.69 Å². The highest BCUT2D eigenvalue weighted by Gasteiger charge is 2.26. The summed E-state index contributed by atoms with van der Waals surface area (Å²) in [7, 11) is 6.09. The first kappa shape index (κ1) is 15.2. The lowest BCUT2D eigenvalue weighted by Crippen LogP contribution is -2.31. The Balaban J connectivity index is 2.25. The Morgan fingerprint density at radius 1 is 1.25 bits per heavy atom. The van der Waals surface area contributed by atoms with E-state index in [0.29, 0.717) is 6.04 Å². The first-order chi connectivity index (χ1) is 9.32. The van der Waals surface area contributed by atoms with Crippen LogP contribution in [0.25, 0.3) is 0 Å². The molecule has 1 saturated heterocycles. The van der Waals surface area contributed by atoms with E-state index in [1.807, 2.05) is 0 Å². The molecule has 0 radical (unpaired) electrons. The van der Waals surface area contributed by atoms with E-state index in [0.717, 1.165) is 18.8 Å². The molecule has 0 N–H and O–H groups in total. The molecule has 0 aliphatic carbocycles. The summed E-state index contributed by atoms with van der Waals surface area (Å²) in [5.41, 5.74) is 2.70. The zero-order chi connectivity index (χ0) is 14.9. The Hall–Kier alpha value is -1.22. The van der Waals surface area contributed by atoms with Gasteiger partial charge in [-0.3, -0.25) is 0 Å². The Labute approximate surface area is 123 Å². The molecule has 0 bridgehead atoms. The smallest absolute Gasteiger partial charge is 0.142 e. The maximum absolute atomic E-state index is 5.63. The first-order valence-corrected chi connectivity index (χ1v) is 7.43. The van der Waals surface area contributed by atoms with Gasteiger partial charge in [-0.1, -0.05) is 26.8 Å². The van der Waals surface area contributed by atoms with Gasteiger partial charge in [0.1, 0.15) is 5.75 Å². The molecule has 1 aromatic rings. The summed E-state index contributed by atoms with van der Waals surface area (Å²) in [6.45, 7) is 8.89. The van der Waals surface area contributed by atoms with Crippen molar-refractivity contribution in [3.63, 3.8) is 0 Å². The zero-order valence-electron chi connectivity index (χ0n) is 13.7. The fourth-order valence-electron chi connectivity index (χ4n) is 2.79. The predicted molar refractivity (Wildman–Crippen MR) is 86.0 cm³/mol. The van der Waals surface area contributed by atoms with Gasteiger partial charge in [0.25, 0.3) is 0 Å². The average Bonchev–Trinajstić information content (AvgIpc) is 2.86. The van der Waals surface area contributed by atoms with Gasteiger partial charge in [-0.2, -0.15) is 0 Å². The van der Waals surface area contributed by atoms with E-state index in [9.17, 15) is 0 Å². The average molecular weight is 276 g/mol. The maximum atomic E-state index is 5.63. The van der Waals surface area contributed by atoms with Crippen LogP contribution in [0, 0.1) is 0 Å². The molecule has 112 valence electrons. The third kappa shape index (κ3) is 3.09. The summed E-state index contributed by atoms with van der Waals surface area (Å²) in [4.78, 5) is 4.76. The molecule has 20 heavy (non-hydrogen) atoms. The van der Waals surface area contributed by atoms with Gasteiger partial charge in [-0.15, -0.1) is 0 Å². The SMILES string of the molecule is COc1cc(C(C)(C)C)ccc1N1CC[C@@H](N(C)C)C1. The molecule has 1 aliphatic rings. The molecule has 2 rings (SSSR count). The van der Waals surface area contributed by atoms with E-state index in [-0.39, 0.29) is 5.41 Å². The number of rotatable bonds is 3. The summed E-state index contributed by atoms with van der Waals surface area (Å²) >= 11 is 0. The summed E-state index contributed by atoms with van der Waals surface area (Å²) in [6.07, 6.45) is 1.22. The van der Waals surface area contributed by atoms with E-state index in [1.54, 1.807) is 7.11 Å². The standard InChI is InChI=1S/C17H28N2O/c1-17(2,3)13-7-8-15(16(11-13)20-6)19-10-9-14(12-19)18(4)5/h7-8,11,14H,9-10,12H2,1-6H3/t14-/m1/s1. The summed E-state index contributed by atoms with van der Waals surface area (Å²) in [6, 6.07) is 7.29. The van der Waals surface area contributed by atoms with Gasteiger partial charge in [-0.25, -0.2) is 0 Å². The summed E-state index contributed by atoms with van der Waals surface area (Å²) in [5.74, 6) is 0.997. The monoisotopic (exact) mass is 276 g/mol. The van der Waals surface area contributed by atoms with Gasteiger partial charge in [-0.05, 0) is 43.6 Å². The van der Waals surface area contributed by atoms with Crippen LogP contribution in [0.1, 0.15) is 32.8 Å². The van der Waals surface area contributed by atoms with Gasteiger partial charge in [0.15, 0.2) is 0 Å². The van der Waals surface area contributed by atoms with Crippen LogP contribution < -0.4 is 9.64 Å². The number of ether oxygens (including phenoxy) is 1. The molecule has 0 aromatic heterocycles. The van der Waals surface area contributed by atoms with Crippen molar-refractivity contribution in [2.24, 2.45) is 0 Å². The normalized spacial score (nSPS) is 19.8. The number of hydrogen-bond acceptors (Lipinski definition) is 3. The highest BCUT2D eigenvalue weighted by atomic mass is 16.5. The van der Waals surface area contributed by atoms with Gasteiger partial charge in [0, 0.05) is 19.1 Å². The van der Waals surface area contributed by atoms with Crippen LogP contribution in [0.2, 0.25) is 0 Å². The lowest BCUT2D eigenvalue weighted by molar-refractivity contribution is 0.315. The van der Waals surface area contributed by atoms with Crippen molar-refractivity contribution in [1.29, 1.82) is 0 Å². The van der Waals surface area contributed by atoms with E-state index >= 15 is 0 Å². The number of hydrogen-bond donors (Lipinski definition) is 0. The van der Waals surface area contributed by atoms with Crippen molar-refractivity contribution in [3.05, 3.63) is 23.8 Å². The van der Waals surface area contributed by atoms with Crippen LogP contribution in [0.5, 0.6) is 5.75 Å². The maximum Gasteiger partial charge on any atom is 0.142 e. The Bertz CT molecular complexity index is 463. The molecule has 1 atom stereocenters. The second kappa shape index (κ2) is 5.65. The fraction of sp³-hybridized carbons (Fsp3) is 0.647. The molecule has 1 heterocycles. The van der Waals surface area contributed by atoms with Crippen LogP contribution in [0.3, 0.4) is 0 Å². The van der Waals surface area contributed by atoms with Gasteiger partial charge in [0.05, 0.1) is 12.8 Å². The van der Waals surface area contributed by atoms with Crippen molar-refractivity contribution >= 4 is 5.69 Å². The number of methoxy groups -OCH3 is 1. The third-order valence-electron chi connectivity index (χ3n) is 4.28. The van der Waals surface area contributed by atoms with Crippen LogP contribution in [-0.4, -0.2) is 45.2 Å². The largest absolute Gasteiger partial charge is 0.495 e. The van der Waals surface area contributed by atoms with Gasteiger partial charge < -0.3 is 14.5 Å². The zero-order valence-corrected chi connectivity index (χ0v) is 13.7. The number of benzene rings is 1. The second-order valence-corrected chi connectivity index (χ2v) is 6.99. The molecular weight excluding hydrogens is 248 g/mol. The minimum Gasteiger partial charge on any atom is -0.495 e. The molecule has 3 heteroatoms.